The molecule has 2 rings (SSSR count). The van der Waals surface area contributed by atoms with Gasteiger partial charge < -0.3 is 20.1 Å². The van der Waals surface area contributed by atoms with Gasteiger partial charge in [-0.1, -0.05) is 18.2 Å². The van der Waals surface area contributed by atoms with Gasteiger partial charge in [0.2, 0.25) is 0 Å². The number of para-hydroxylation sites is 1. The summed E-state index contributed by atoms with van der Waals surface area (Å²) in [4.78, 5) is 6.59. The molecule has 23 heavy (non-hydrogen) atoms. The Bertz CT molecular complexity index is 478. The molecule has 0 aromatic heterocycles. The second kappa shape index (κ2) is 9.97. The molecule has 5 nitrogen and oxygen atoms in total. The molecule has 1 aliphatic carbocycles. The van der Waals surface area contributed by atoms with E-state index in [1.807, 2.05) is 49.2 Å². The van der Waals surface area contributed by atoms with Crippen LogP contribution in [0.4, 0.5) is 0 Å². The summed E-state index contributed by atoms with van der Waals surface area (Å²) in [7, 11) is 1.99. The average Bonchev–Trinajstić information content (AvgIpc) is 2.50. The fourth-order valence-corrected chi connectivity index (χ4v) is 2.36. The number of nitrogens with zero attached hydrogens (tertiary/aromatic N) is 2. The number of ether oxygens (including phenoxy) is 1. The predicted octanol–water partition coefficient (Wildman–Crippen LogP) is 2.50. The number of hydrogen-bond acceptors (Lipinski definition) is 3. The van der Waals surface area contributed by atoms with E-state index in [-0.39, 0.29) is 24.0 Å². The number of halogens is 1. The van der Waals surface area contributed by atoms with Gasteiger partial charge in [-0.3, -0.25) is 4.99 Å². The van der Waals surface area contributed by atoms with Crippen molar-refractivity contribution in [1.82, 2.24) is 10.2 Å². The second-order valence-electron chi connectivity index (χ2n) is 5.83. The monoisotopic (exact) mass is 433 g/mol. The summed E-state index contributed by atoms with van der Waals surface area (Å²) in [5.74, 6) is 1.70. The Balaban J connectivity index is 0.00000264. The molecule has 1 aliphatic rings. The minimum atomic E-state index is -0.581. The maximum Gasteiger partial charge on any atom is 0.193 e. The Kier molecular flexibility index (Phi) is 8.68. The maximum atomic E-state index is 10.2. The van der Waals surface area contributed by atoms with Crippen molar-refractivity contribution in [1.29, 1.82) is 0 Å². The molecule has 0 radical (unpaired) electrons. The van der Waals surface area contributed by atoms with Crippen LogP contribution in [0.2, 0.25) is 0 Å². The fraction of sp³-hybridized carbons (Fsp3) is 0.588. The largest absolute Gasteiger partial charge is 0.492 e. The van der Waals surface area contributed by atoms with Crippen LogP contribution in [-0.2, 0) is 0 Å². The van der Waals surface area contributed by atoms with E-state index < -0.39 is 5.60 Å². The summed E-state index contributed by atoms with van der Waals surface area (Å²) in [6, 6.07) is 9.80. The van der Waals surface area contributed by atoms with E-state index in [4.69, 9.17) is 4.74 Å². The minimum Gasteiger partial charge on any atom is -0.492 e. The molecule has 0 atom stereocenters. The van der Waals surface area contributed by atoms with Crippen LogP contribution in [0, 0.1) is 0 Å². The fourth-order valence-electron chi connectivity index (χ4n) is 2.36. The SMILES string of the molecule is CCNC(=NCC1(O)CCC1)N(C)CCOc1ccccc1.I. The Morgan fingerprint density at radius 3 is 2.61 bits per heavy atom. The van der Waals surface area contributed by atoms with Crippen LogP contribution in [0.1, 0.15) is 26.2 Å². The third-order valence-corrected chi connectivity index (χ3v) is 3.94. The molecule has 0 bridgehead atoms. The Morgan fingerprint density at radius 2 is 2.04 bits per heavy atom. The summed E-state index contributed by atoms with van der Waals surface area (Å²) in [6.07, 6.45) is 2.82. The van der Waals surface area contributed by atoms with Crippen molar-refractivity contribution in [3.63, 3.8) is 0 Å². The molecule has 130 valence electrons. The Morgan fingerprint density at radius 1 is 1.35 bits per heavy atom. The summed E-state index contributed by atoms with van der Waals surface area (Å²) < 4.78 is 5.71. The van der Waals surface area contributed by atoms with E-state index in [1.165, 1.54) is 0 Å². The number of hydrogen-bond donors (Lipinski definition) is 2. The van der Waals surface area contributed by atoms with Gasteiger partial charge in [0.15, 0.2) is 5.96 Å². The van der Waals surface area contributed by atoms with Crippen LogP contribution in [0.5, 0.6) is 5.75 Å². The summed E-state index contributed by atoms with van der Waals surface area (Å²) in [6.45, 7) is 4.65. The lowest BCUT2D eigenvalue weighted by Gasteiger charge is -2.35. The molecule has 0 heterocycles. The highest BCUT2D eigenvalue weighted by Crippen LogP contribution is 2.31. The van der Waals surface area contributed by atoms with Gasteiger partial charge in [-0.25, -0.2) is 0 Å². The van der Waals surface area contributed by atoms with Gasteiger partial charge in [0, 0.05) is 13.6 Å². The van der Waals surface area contributed by atoms with Gasteiger partial charge in [-0.15, -0.1) is 24.0 Å². The molecule has 0 amide bonds. The zero-order chi connectivity index (χ0) is 15.8. The van der Waals surface area contributed by atoms with Gasteiger partial charge >= 0.3 is 0 Å². The molecule has 1 aromatic rings. The molecule has 0 saturated heterocycles. The molecule has 6 heteroatoms. The standard InChI is InChI=1S/C17H27N3O2.HI/c1-3-18-16(19-14-17(21)10-7-11-17)20(2)12-13-22-15-8-5-4-6-9-15;/h4-6,8-9,21H,3,7,10-14H2,1-2H3,(H,18,19);1H. The van der Waals surface area contributed by atoms with E-state index in [0.29, 0.717) is 13.2 Å². The van der Waals surface area contributed by atoms with Crippen LogP contribution in [0.15, 0.2) is 35.3 Å². The molecule has 2 N–H and O–H groups in total. The molecular formula is C17H28IN3O2. The van der Waals surface area contributed by atoms with Gasteiger partial charge in [0.05, 0.1) is 18.7 Å². The van der Waals surface area contributed by atoms with Gasteiger partial charge in [-0.2, -0.15) is 0 Å². The normalized spacial score (nSPS) is 16.0. The molecule has 1 fully saturated rings. The number of aliphatic hydroxyl groups is 1. The zero-order valence-electron chi connectivity index (χ0n) is 14.0. The molecule has 0 spiro atoms. The van der Waals surface area contributed by atoms with Crippen LogP contribution >= 0.6 is 24.0 Å². The lowest BCUT2D eigenvalue weighted by atomic mass is 9.80. The number of likely N-dealkylation sites (N-methyl/N-ethyl adjacent to an activating group) is 1. The van der Waals surface area contributed by atoms with Crippen molar-refractivity contribution in [2.75, 3.05) is 33.3 Å². The molecule has 1 aromatic carbocycles. The van der Waals surface area contributed by atoms with Gasteiger partial charge in [0.25, 0.3) is 0 Å². The van der Waals surface area contributed by atoms with Crippen molar-refractivity contribution in [3.05, 3.63) is 30.3 Å². The number of guanidine groups is 1. The van der Waals surface area contributed by atoms with Crippen molar-refractivity contribution >= 4 is 29.9 Å². The van der Waals surface area contributed by atoms with Crippen molar-refractivity contribution in [2.24, 2.45) is 4.99 Å². The van der Waals surface area contributed by atoms with Gasteiger partial charge in [-0.05, 0) is 38.3 Å². The van der Waals surface area contributed by atoms with Crippen molar-refractivity contribution < 1.29 is 9.84 Å². The van der Waals surface area contributed by atoms with Crippen LogP contribution < -0.4 is 10.1 Å². The Hall–Kier alpha value is -1.02. The first kappa shape index (κ1) is 20.0. The summed E-state index contributed by atoms with van der Waals surface area (Å²) >= 11 is 0. The van der Waals surface area contributed by atoms with Crippen LogP contribution in [0.25, 0.3) is 0 Å². The highest BCUT2D eigenvalue weighted by atomic mass is 127. The quantitative estimate of drug-likeness (QED) is 0.394. The second-order valence-corrected chi connectivity index (χ2v) is 5.83. The molecule has 0 aliphatic heterocycles. The molecule has 1 saturated carbocycles. The van der Waals surface area contributed by atoms with Crippen molar-refractivity contribution in [3.8, 4) is 5.75 Å². The average molecular weight is 433 g/mol. The van der Waals surface area contributed by atoms with Crippen LogP contribution in [-0.4, -0.2) is 54.9 Å². The van der Waals surface area contributed by atoms with Crippen LogP contribution in [0.3, 0.4) is 0 Å². The highest BCUT2D eigenvalue weighted by molar-refractivity contribution is 14.0. The van der Waals surface area contributed by atoms with Crippen molar-refractivity contribution in [2.45, 2.75) is 31.8 Å². The molecule has 0 unspecified atom stereocenters. The lowest BCUT2D eigenvalue weighted by Crippen LogP contribution is -2.44. The number of aliphatic imine (C=N–C) groups is 1. The predicted molar refractivity (Wildman–Crippen MR) is 105 cm³/mol. The van der Waals surface area contributed by atoms with E-state index >= 15 is 0 Å². The first-order valence-electron chi connectivity index (χ1n) is 8.03. The third kappa shape index (κ3) is 6.55. The first-order valence-corrected chi connectivity index (χ1v) is 8.03. The maximum absolute atomic E-state index is 10.2. The summed E-state index contributed by atoms with van der Waals surface area (Å²) in [5.41, 5.74) is -0.581. The van der Waals surface area contributed by atoms with E-state index in [0.717, 1.165) is 44.1 Å². The topological polar surface area (TPSA) is 57.1 Å². The number of nitrogens with one attached hydrogen (secondary N) is 1. The third-order valence-electron chi connectivity index (χ3n) is 3.94. The van der Waals surface area contributed by atoms with E-state index in [1.54, 1.807) is 0 Å². The highest BCUT2D eigenvalue weighted by Gasteiger charge is 2.34. The smallest absolute Gasteiger partial charge is 0.193 e. The zero-order valence-corrected chi connectivity index (χ0v) is 16.3. The van der Waals surface area contributed by atoms with E-state index in [2.05, 4.69) is 10.3 Å². The van der Waals surface area contributed by atoms with E-state index in [9.17, 15) is 5.11 Å². The molecular weight excluding hydrogens is 405 g/mol. The first-order chi connectivity index (χ1) is 10.6. The number of rotatable bonds is 7. The van der Waals surface area contributed by atoms with Gasteiger partial charge in [0.1, 0.15) is 12.4 Å². The lowest BCUT2D eigenvalue weighted by molar-refractivity contribution is -0.0237. The minimum absolute atomic E-state index is 0. The Labute approximate surface area is 156 Å². The number of benzene rings is 1. The summed E-state index contributed by atoms with van der Waals surface area (Å²) in [5, 5.41) is 13.4.